The number of carbonyl (C=O) groups is 2. The predicted molar refractivity (Wildman–Crippen MR) is 79.8 cm³/mol. The van der Waals surface area contributed by atoms with Gasteiger partial charge in [0.2, 0.25) is 5.91 Å². The lowest BCUT2D eigenvalue weighted by molar-refractivity contribution is -0.136. The van der Waals surface area contributed by atoms with Crippen molar-refractivity contribution in [2.75, 3.05) is 4.90 Å². The first-order valence-electron chi connectivity index (χ1n) is 6.61. The molecule has 0 aromatic heterocycles. The number of amides is 2. The summed E-state index contributed by atoms with van der Waals surface area (Å²) in [6.45, 7) is 7.49. The van der Waals surface area contributed by atoms with E-state index in [9.17, 15) is 9.59 Å². The van der Waals surface area contributed by atoms with Crippen molar-refractivity contribution in [2.24, 2.45) is 5.41 Å². The van der Waals surface area contributed by atoms with Gasteiger partial charge in [-0.05, 0) is 24.5 Å². The fourth-order valence-corrected chi connectivity index (χ4v) is 2.56. The van der Waals surface area contributed by atoms with Gasteiger partial charge < -0.3 is 5.32 Å². The molecule has 1 aromatic carbocycles. The quantitative estimate of drug-likeness (QED) is 0.865. The fraction of sp³-hybridized carbons (Fsp3) is 0.467. The number of hydrogen-bond donors (Lipinski definition) is 1. The largest absolute Gasteiger partial charge is 0.342 e. The Kier molecular flexibility index (Phi) is 3.78. The number of rotatable bonds is 1. The second kappa shape index (κ2) is 5.09. The molecule has 0 saturated carbocycles. The molecule has 20 heavy (non-hydrogen) atoms. The first-order valence-corrected chi connectivity index (χ1v) is 6.99. The van der Waals surface area contributed by atoms with Crippen molar-refractivity contribution >= 4 is 29.1 Å². The standard InChI is InChI=1S/C15H19ClN2O2/c1-9-13(19)17-12(15(2,3)4)14(20)18(9)11-8-6-5-7-10(11)16/h5-9,12H,1-4H3,(H,17,19). The van der Waals surface area contributed by atoms with Crippen molar-refractivity contribution in [3.05, 3.63) is 29.3 Å². The van der Waals surface area contributed by atoms with Gasteiger partial charge in [0, 0.05) is 0 Å². The first-order chi connectivity index (χ1) is 9.23. The molecule has 5 heteroatoms. The molecule has 108 valence electrons. The number of hydrogen-bond acceptors (Lipinski definition) is 2. The molecule has 1 fully saturated rings. The SMILES string of the molecule is CC1C(=O)NC(C(C)(C)C)C(=O)N1c1ccccc1Cl. The van der Waals surface area contributed by atoms with Crippen LogP contribution in [-0.4, -0.2) is 23.9 Å². The Morgan fingerprint density at radius 1 is 1.20 bits per heavy atom. The average molecular weight is 295 g/mol. The molecule has 2 unspecified atom stereocenters. The van der Waals surface area contributed by atoms with Gasteiger partial charge >= 0.3 is 0 Å². The van der Waals surface area contributed by atoms with Crippen LogP contribution >= 0.6 is 11.6 Å². The number of benzene rings is 1. The maximum atomic E-state index is 12.7. The summed E-state index contributed by atoms with van der Waals surface area (Å²) >= 11 is 6.17. The van der Waals surface area contributed by atoms with Crippen LogP contribution in [-0.2, 0) is 9.59 Å². The molecule has 2 atom stereocenters. The molecule has 1 N–H and O–H groups in total. The summed E-state index contributed by atoms with van der Waals surface area (Å²) in [4.78, 5) is 26.4. The van der Waals surface area contributed by atoms with E-state index in [1.165, 1.54) is 4.90 Å². The zero-order chi connectivity index (χ0) is 15.1. The van der Waals surface area contributed by atoms with Crippen LogP contribution in [0.3, 0.4) is 0 Å². The van der Waals surface area contributed by atoms with Crippen molar-refractivity contribution in [1.82, 2.24) is 5.32 Å². The molecule has 0 bridgehead atoms. The molecule has 2 amide bonds. The van der Waals surface area contributed by atoms with Gasteiger partial charge in [-0.1, -0.05) is 44.5 Å². The molecule has 1 aromatic rings. The minimum atomic E-state index is -0.569. The number of carbonyl (C=O) groups excluding carboxylic acids is 2. The molecule has 1 aliphatic heterocycles. The van der Waals surface area contributed by atoms with E-state index in [4.69, 9.17) is 11.6 Å². The van der Waals surface area contributed by atoms with E-state index < -0.39 is 12.1 Å². The van der Waals surface area contributed by atoms with Crippen LogP contribution in [0.1, 0.15) is 27.7 Å². The third kappa shape index (κ3) is 2.52. The van der Waals surface area contributed by atoms with Crippen molar-refractivity contribution in [2.45, 2.75) is 39.8 Å². The van der Waals surface area contributed by atoms with Gasteiger partial charge in [0.15, 0.2) is 0 Å². The number of anilines is 1. The Morgan fingerprint density at radius 3 is 2.35 bits per heavy atom. The van der Waals surface area contributed by atoms with Gasteiger partial charge in [-0.3, -0.25) is 14.5 Å². The van der Waals surface area contributed by atoms with Gasteiger partial charge in [-0.25, -0.2) is 0 Å². The number of halogens is 1. The van der Waals surface area contributed by atoms with Gasteiger partial charge in [0.1, 0.15) is 12.1 Å². The van der Waals surface area contributed by atoms with Crippen LogP contribution in [0.4, 0.5) is 5.69 Å². The summed E-state index contributed by atoms with van der Waals surface area (Å²) < 4.78 is 0. The van der Waals surface area contributed by atoms with Crippen molar-refractivity contribution in [3.8, 4) is 0 Å². The maximum Gasteiger partial charge on any atom is 0.250 e. The zero-order valence-corrected chi connectivity index (χ0v) is 12.9. The molecule has 4 nitrogen and oxygen atoms in total. The summed E-state index contributed by atoms with van der Waals surface area (Å²) in [7, 11) is 0. The third-order valence-corrected chi connectivity index (χ3v) is 3.84. The highest BCUT2D eigenvalue weighted by Crippen LogP contribution is 2.32. The molecule has 0 radical (unpaired) electrons. The molecule has 1 aliphatic rings. The summed E-state index contributed by atoms with van der Waals surface area (Å²) in [5.74, 6) is -0.290. The predicted octanol–water partition coefficient (Wildman–Crippen LogP) is 2.61. The molecule has 0 spiro atoms. The van der Waals surface area contributed by atoms with E-state index in [0.717, 1.165) is 0 Å². The molecular formula is C15H19ClN2O2. The summed E-state index contributed by atoms with van der Waals surface area (Å²) in [5, 5.41) is 3.27. The zero-order valence-electron chi connectivity index (χ0n) is 12.1. The monoisotopic (exact) mass is 294 g/mol. The Bertz CT molecular complexity index is 551. The molecule has 0 aliphatic carbocycles. The number of nitrogens with one attached hydrogen (secondary N) is 1. The van der Waals surface area contributed by atoms with Crippen LogP contribution in [0.2, 0.25) is 5.02 Å². The molecule has 1 saturated heterocycles. The maximum absolute atomic E-state index is 12.7. The van der Waals surface area contributed by atoms with Crippen LogP contribution in [0.25, 0.3) is 0 Å². The van der Waals surface area contributed by atoms with Crippen LogP contribution < -0.4 is 10.2 Å². The minimum Gasteiger partial charge on any atom is -0.342 e. The highest BCUT2D eigenvalue weighted by molar-refractivity contribution is 6.34. The lowest BCUT2D eigenvalue weighted by Crippen LogP contribution is -2.66. The molecular weight excluding hydrogens is 276 g/mol. The van der Waals surface area contributed by atoms with E-state index in [1.807, 2.05) is 20.8 Å². The highest BCUT2D eigenvalue weighted by atomic mass is 35.5. The summed E-state index contributed by atoms with van der Waals surface area (Å²) in [6.07, 6.45) is 0. The summed E-state index contributed by atoms with van der Waals surface area (Å²) in [5.41, 5.74) is 0.225. The average Bonchev–Trinajstić information content (AvgIpc) is 2.35. The Labute approximate surface area is 124 Å². The molecule has 2 rings (SSSR count). The Morgan fingerprint density at radius 2 is 1.80 bits per heavy atom. The topological polar surface area (TPSA) is 49.4 Å². The number of nitrogens with zero attached hydrogens (tertiary/aromatic N) is 1. The third-order valence-electron chi connectivity index (χ3n) is 3.52. The van der Waals surface area contributed by atoms with E-state index in [2.05, 4.69) is 5.32 Å². The van der Waals surface area contributed by atoms with Crippen molar-refractivity contribution in [1.29, 1.82) is 0 Å². The van der Waals surface area contributed by atoms with Crippen molar-refractivity contribution < 1.29 is 9.59 Å². The highest BCUT2D eigenvalue weighted by Gasteiger charge is 2.44. The van der Waals surface area contributed by atoms with E-state index in [0.29, 0.717) is 10.7 Å². The van der Waals surface area contributed by atoms with Crippen molar-refractivity contribution in [3.63, 3.8) is 0 Å². The van der Waals surface area contributed by atoms with E-state index >= 15 is 0 Å². The number of para-hydroxylation sites is 1. The van der Waals surface area contributed by atoms with E-state index in [-0.39, 0.29) is 17.2 Å². The lowest BCUT2D eigenvalue weighted by atomic mass is 9.84. The Hall–Kier alpha value is -1.55. The second-order valence-corrected chi connectivity index (χ2v) is 6.55. The van der Waals surface area contributed by atoms with Gasteiger partial charge in [-0.15, -0.1) is 0 Å². The van der Waals surface area contributed by atoms with Crippen LogP contribution in [0.15, 0.2) is 24.3 Å². The normalized spacial score (nSPS) is 23.8. The number of piperazine rings is 1. The van der Waals surface area contributed by atoms with Gasteiger partial charge in [0.05, 0.1) is 10.7 Å². The van der Waals surface area contributed by atoms with E-state index in [1.54, 1.807) is 31.2 Å². The van der Waals surface area contributed by atoms with Gasteiger partial charge in [0.25, 0.3) is 5.91 Å². The first kappa shape index (κ1) is 14.9. The summed E-state index contributed by atoms with van der Waals surface area (Å²) in [6, 6.07) is 5.96. The second-order valence-electron chi connectivity index (χ2n) is 6.14. The van der Waals surface area contributed by atoms with Gasteiger partial charge in [-0.2, -0.15) is 0 Å². The Balaban J connectivity index is 2.47. The fourth-order valence-electron chi connectivity index (χ4n) is 2.33. The minimum absolute atomic E-state index is 0.127. The smallest absolute Gasteiger partial charge is 0.250 e. The van der Waals surface area contributed by atoms with Crippen LogP contribution in [0.5, 0.6) is 0 Å². The lowest BCUT2D eigenvalue weighted by Gasteiger charge is -2.42. The molecule has 1 heterocycles. The van der Waals surface area contributed by atoms with Crippen LogP contribution in [0, 0.1) is 5.41 Å².